The Morgan fingerprint density at radius 1 is 1.25 bits per heavy atom. The van der Waals surface area contributed by atoms with Crippen LogP contribution in [0.15, 0.2) is 48.8 Å². The van der Waals surface area contributed by atoms with E-state index in [1.807, 2.05) is 36.4 Å². The predicted molar refractivity (Wildman–Crippen MR) is 77.6 cm³/mol. The number of nitrogens with one attached hydrogen (secondary N) is 1. The van der Waals surface area contributed by atoms with Gasteiger partial charge in [-0.2, -0.15) is 0 Å². The van der Waals surface area contributed by atoms with Crippen molar-refractivity contribution in [2.45, 2.75) is 12.8 Å². The van der Waals surface area contributed by atoms with Gasteiger partial charge in [-0.05, 0) is 35.7 Å². The van der Waals surface area contributed by atoms with E-state index in [1.165, 1.54) is 0 Å². The Morgan fingerprint density at radius 2 is 2.10 bits per heavy atom. The topological polar surface area (TPSA) is 51.2 Å². The van der Waals surface area contributed by atoms with Crippen molar-refractivity contribution in [2.24, 2.45) is 0 Å². The highest BCUT2D eigenvalue weighted by Gasteiger charge is 2.03. The second-order valence-electron chi connectivity index (χ2n) is 4.49. The zero-order chi connectivity index (χ0) is 14.2. The van der Waals surface area contributed by atoms with Crippen molar-refractivity contribution in [3.05, 3.63) is 59.9 Å². The number of carbonyl (C=O) groups excluding carboxylic acids is 1. The first-order valence-corrected chi connectivity index (χ1v) is 6.56. The highest BCUT2D eigenvalue weighted by Crippen LogP contribution is 2.12. The van der Waals surface area contributed by atoms with Gasteiger partial charge in [0.2, 0.25) is 5.91 Å². The van der Waals surface area contributed by atoms with Gasteiger partial charge in [0.05, 0.1) is 13.5 Å². The maximum atomic E-state index is 11.8. The third-order valence-corrected chi connectivity index (χ3v) is 2.96. The minimum Gasteiger partial charge on any atom is -0.497 e. The minimum atomic E-state index is 0.0147. The summed E-state index contributed by atoms with van der Waals surface area (Å²) in [7, 11) is 1.65. The van der Waals surface area contributed by atoms with Crippen molar-refractivity contribution < 1.29 is 9.53 Å². The van der Waals surface area contributed by atoms with Crippen LogP contribution < -0.4 is 10.1 Å². The SMILES string of the molecule is COc1cccc(CCNC(=O)Cc2cccnc2)c1. The summed E-state index contributed by atoms with van der Waals surface area (Å²) in [5, 5.41) is 2.91. The summed E-state index contributed by atoms with van der Waals surface area (Å²) in [5.74, 6) is 0.852. The van der Waals surface area contributed by atoms with Crippen LogP contribution in [0.2, 0.25) is 0 Å². The van der Waals surface area contributed by atoms with Gasteiger partial charge >= 0.3 is 0 Å². The predicted octanol–water partition coefficient (Wildman–Crippen LogP) is 1.99. The largest absolute Gasteiger partial charge is 0.497 e. The molecule has 0 unspecified atom stereocenters. The number of ether oxygens (including phenoxy) is 1. The molecule has 0 saturated heterocycles. The fraction of sp³-hybridized carbons (Fsp3) is 0.250. The lowest BCUT2D eigenvalue weighted by atomic mass is 10.1. The van der Waals surface area contributed by atoms with Crippen molar-refractivity contribution in [1.29, 1.82) is 0 Å². The average Bonchev–Trinajstić information content (AvgIpc) is 2.48. The van der Waals surface area contributed by atoms with Crippen molar-refractivity contribution in [2.75, 3.05) is 13.7 Å². The first-order valence-electron chi connectivity index (χ1n) is 6.56. The molecule has 104 valence electrons. The number of rotatable bonds is 6. The molecule has 0 aliphatic carbocycles. The average molecular weight is 270 g/mol. The Kier molecular flexibility index (Phi) is 5.12. The highest BCUT2D eigenvalue weighted by molar-refractivity contribution is 5.78. The molecule has 1 amide bonds. The molecule has 2 aromatic rings. The summed E-state index contributed by atoms with van der Waals surface area (Å²) in [5.41, 5.74) is 2.07. The molecule has 2 rings (SSSR count). The summed E-state index contributed by atoms with van der Waals surface area (Å²) in [4.78, 5) is 15.8. The zero-order valence-electron chi connectivity index (χ0n) is 11.5. The van der Waals surface area contributed by atoms with Crippen molar-refractivity contribution in [3.8, 4) is 5.75 Å². The van der Waals surface area contributed by atoms with E-state index in [0.29, 0.717) is 13.0 Å². The Balaban J connectivity index is 1.76. The van der Waals surface area contributed by atoms with Crippen LogP contribution in [-0.2, 0) is 17.6 Å². The third-order valence-electron chi connectivity index (χ3n) is 2.96. The van der Waals surface area contributed by atoms with E-state index in [-0.39, 0.29) is 5.91 Å². The molecule has 4 heteroatoms. The molecular formula is C16H18N2O2. The molecule has 0 saturated carbocycles. The monoisotopic (exact) mass is 270 g/mol. The second kappa shape index (κ2) is 7.28. The van der Waals surface area contributed by atoms with Crippen LogP contribution in [0.4, 0.5) is 0 Å². The first-order chi connectivity index (χ1) is 9.78. The number of nitrogens with zero attached hydrogens (tertiary/aromatic N) is 1. The standard InChI is InChI=1S/C16H18N2O2/c1-20-15-6-2-4-13(10-15)7-9-18-16(19)11-14-5-3-8-17-12-14/h2-6,8,10,12H,7,9,11H2,1H3,(H,18,19). The second-order valence-corrected chi connectivity index (χ2v) is 4.49. The number of benzene rings is 1. The van der Waals surface area contributed by atoms with Crippen molar-refractivity contribution in [1.82, 2.24) is 10.3 Å². The molecule has 0 radical (unpaired) electrons. The van der Waals surface area contributed by atoms with Crippen LogP contribution in [0.25, 0.3) is 0 Å². The zero-order valence-corrected chi connectivity index (χ0v) is 11.5. The maximum Gasteiger partial charge on any atom is 0.224 e. The van der Waals surface area contributed by atoms with Crippen LogP contribution >= 0.6 is 0 Å². The number of pyridine rings is 1. The molecule has 1 aromatic carbocycles. The lowest BCUT2D eigenvalue weighted by Crippen LogP contribution is -2.27. The smallest absolute Gasteiger partial charge is 0.224 e. The number of methoxy groups -OCH3 is 1. The Morgan fingerprint density at radius 3 is 2.85 bits per heavy atom. The maximum absolute atomic E-state index is 11.8. The van der Waals surface area contributed by atoms with E-state index in [0.717, 1.165) is 23.3 Å². The number of carbonyl (C=O) groups is 1. The fourth-order valence-electron chi connectivity index (χ4n) is 1.92. The number of hydrogen-bond acceptors (Lipinski definition) is 3. The molecule has 20 heavy (non-hydrogen) atoms. The molecule has 0 spiro atoms. The van der Waals surface area contributed by atoms with Crippen LogP contribution in [0.1, 0.15) is 11.1 Å². The Hall–Kier alpha value is -2.36. The van der Waals surface area contributed by atoms with Crippen LogP contribution in [-0.4, -0.2) is 24.5 Å². The fourth-order valence-corrected chi connectivity index (χ4v) is 1.92. The molecule has 0 aliphatic heterocycles. The van der Waals surface area contributed by atoms with Crippen molar-refractivity contribution >= 4 is 5.91 Å². The summed E-state index contributed by atoms with van der Waals surface area (Å²) < 4.78 is 5.17. The van der Waals surface area contributed by atoms with Gasteiger partial charge in [0.1, 0.15) is 5.75 Å². The van der Waals surface area contributed by atoms with Gasteiger partial charge in [-0.1, -0.05) is 18.2 Å². The van der Waals surface area contributed by atoms with E-state index in [4.69, 9.17) is 4.74 Å². The van der Waals surface area contributed by atoms with Gasteiger partial charge in [-0.15, -0.1) is 0 Å². The third kappa shape index (κ3) is 4.39. The molecule has 0 aliphatic rings. The van der Waals surface area contributed by atoms with E-state index >= 15 is 0 Å². The number of hydrogen-bond donors (Lipinski definition) is 1. The van der Waals surface area contributed by atoms with E-state index < -0.39 is 0 Å². The Bertz CT molecular complexity index is 555. The van der Waals surface area contributed by atoms with Gasteiger partial charge in [-0.3, -0.25) is 9.78 Å². The van der Waals surface area contributed by atoms with Crippen LogP contribution in [0.5, 0.6) is 5.75 Å². The van der Waals surface area contributed by atoms with Crippen LogP contribution in [0.3, 0.4) is 0 Å². The van der Waals surface area contributed by atoms with E-state index in [9.17, 15) is 4.79 Å². The molecule has 0 bridgehead atoms. The summed E-state index contributed by atoms with van der Waals surface area (Å²) >= 11 is 0. The molecule has 1 aromatic heterocycles. The molecule has 1 heterocycles. The van der Waals surface area contributed by atoms with Crippen molar-refractivity contribution in [3.63, 3.8) is 0 Å². The lowest BCUT2D eigenvalue weighted by molar-refractivity contribution is -0.120. The minimum absolute atomic E-state index is 0.0147. The molecule has 0 atom stereocenters. The lowest BCUT2D eigenvalue weighted by Gasteiger charge is -2.06. The summed E-state index contributed by atoms with van der Waals surface area (Å²) in [6.45, 7) is 0.617. The van der Waals surface area contributed by atoms with Gasteiger partial charge in [0.25, 0.3) is 0 Å². The highest BCUT2D eigenvalue weighted by atomic mass is 16.5. The molecule has 0 fully saturated rings. The van der Waals surface area contributed by atoms with E-state index in [2.05, 4.69) is 10.3 Å². The number of aromatic nitrogens is 1. The number of amides is 1. The molecule has 1 N–H and O–H groups in total. The van der Waals surface area contributed by atoms with E-state index in [1.54, 1.807) is 19.5 Å². The van der Waals surface area contributed by atoms with Gasteiger partial charge < -0.3 is 10.1 Å². The first kappa shape index (κ1) is 14.1. The Labute approximate surface area is 118 Å². The van der Waals surface area contributed by atoms with Crippen LogP contribution in [0, 0.1) is 0 Å². The summed E-state index contributed by atoms with van der Waals surface area (Å²) in [6, 6.07) is 11.6. The van der Waals surface area contributed by atoms with Gasteiger partial charge in [0.15, 0.2) is 0 Å². The van der Waals surface area contributed by atoms with Gasteiger partial charge in [0, 0.05) is 18.9 Å². The summed E-state index contributed by atoms with van der Waals surface area (Å²) in [6.07, 6.45) is 4.56. The molecular weight excluding hydrogens is 252 g/mol. The van der Waals surface area contributed by atoms with Gasteiger partial charge in [-0.25, -0.2) is 0 Å². The quantitative estimate of drug-likeness (QED) is 0.873. The normalized spacial score (nSPS) is 10.1. The molecule has 4 nitrogen and oxygen atoms in total.